The van der Waals surface area contributed by atoms with Crippen LogP contribution in [0.1, 0.15) is 29.7 Å². The van der Waals surface area contributed by atoms with Crippen LogP contribution < -0.4 is 4.74 Å². The molecule has 0 spiro atoms. The van der Waals surface area contributed by atoms with Gasteiger partial charge in [-0.15, -0.1) is 0 Å². The molecule has 2 atom stereocenters. The molecule has 0 aliphatic heterocycles. The number of nitrogens with zero attached hydrogens (tertiary/aromatic N) is 1. The van der Waals surface area contributed by atoms with Gasteiger partial charge in [0.2, 0.25) is 0 Å². The van der Waals surface area contributed by atoms with Crippen molar-refractivity contribution in [3.63, 3.8) is 0 Å². The van der Waals surface area contributed by atoms with E-state index in [-0.39, 0.29) is 18.6 Å². The molecule has 2 unspecified atom stereocenters. The van der Waals surface area contributed by atoms with E-state index in [9.17, 15) is 9.90 Å². The van der Waals surface area contributed by atoms with Crippen LogP contribution in [-0.4, -0.2) is 35.6 Å². The molecule has 4 heteroatoms. The molecule has 0 aliphatic carbocycles. The lowest BCUT2D eigenvalue weighted by atomic mass is 10.0. The molecule has 0 saturated heterocycles. The molecule has 128 valence electrons. The van der Waals surface area contributed by atoms with Gasteiger partial charge >= 0.3 is 0 Å². The van der Waals surface area contributed by atoms with Crippen LogP contribution in [0.5, 0.6) is 5.75 Å². The Morgan fingerprint density at radius 3 is 2.46 bits per heavy atom. The van der Waals surface area contributed by atoms with Crippen LogP contribution in [0.4, 0.5) is 0 Å². The van der Waals surface area contributed by atoms with Gasteiger partial charge in [0.1, 0.15) is 5.75 Å². The molecule has 0 fully saturated rings. The molecule has 0 aromatic heterocycles. The Hall–Kier alpha value is -2.33. The van der Waals surface area contributed by atoms with Crippen molar-refractivity contribution in [2.45, 2.75) is 32.9 Å². The maximum atomic E-state index is 12.4. The Morgan fingerprint density at radius 2 is 1.79 bits per heavy atom. The van der Waals surface area contributed by atoms with E-state index >= 15 is 0 Å². The fourth-order valence-electron chi connectivity index (χ4n) is 2.49. The second-order valence-corrected chi connectivity index (χ2v) is 6.09. The lowest BCUT2D eigenvalue weighted by molar-refractivity contribution is -0.136. The van der Waals surface area contributed by atoms with Gasteiger partial charge in [-0.05, 0) is 43.5 Å². The normalized spacial score (nSPS) is 13.2. The first kappa shape index (κ1) is 18.0. The number of hydrogen-bond donors (Lipinski definition) is 1. The van der Waals surface area contributed by atoms with E-state index in [0.717, 1.165) is 16.7 Å². The fraction of sp³-hybridized carbons (Fsp3) is 0.350. The monoisotopic (exact) mass is 327 g/mol. The summed E-state index contributed by atoms with van der Waals surface area (Å²) in [6.07, 6.45) is -0.735. The van der Waals surface area contributed by atoms with Gasteiger partial charge in [0.15, 0.2) is 6.61 Å². The van der Waals surface area contributed by atoms with Crippen molar-refractivity contribution in [2.24, 2.45) is 0 Å². The Labute approximate surface area is 143 Å². The van der Waals surface area contributed by atoms with Crippen molar-refractivity contribution < 1.29 is 14.6 Å². The number of carbonyl (C=O) groups excluding carboxylic acids is 1. The number of benzene rings is 2. The van der Waals surface area contributed by atoms with Crippen molar-refractivity contribution >= 4 is 5.91 Å². The second kappa shape index (κ2) is 7.97. The van der Waals surface area contributed by atoms with E-state index in [1.165, 1.54) is 4.90 Å². The van der Waals surface area contributed by atoms with Gasteiger partial charge in [0, 0.05) is 7.05 Å². The number of aliphatic hydroxyl groups is 1. The van der Waals surface area contributed by atoms with Crippen molar-refractivity contribution in [2.75, 3.05) is 13.7 Å². The highest BCUT2D eigenvalue weighted by Crippen LogP contribution is 2.22. The summed E-state index contributed by atoms with van der Waals surface area (Å²) in [7, 11) is 1.69. The highest BCUT2D eigenvalue weighted by atomic mass is 16.5. The minimum atomic E-state index is -0.735. The average Bonchev–Trinajstić information content (AvgIpc) is 2.61. The van der Waals surface area contributed by atoms with Gasteiger partial charge in [0.25, 0.3) is 5.91 Å². The molecular weight excluding hydrogens is 302 g/mol. The molecule has 0 heterocycles. The maximum absolute atomic E-state index is 12.4. The third-order valence-corrected chi connectivity index (χ3v) is 4.51. The Bertz CT molecular complexity index is 685. The van der Waals surface area contributed by atoms with Crippen LogP contribution in [0.3, 0.4) is 0 Å². The Kier molecular flexibility index (Phi) is 5.99. The average molecular weight is 327 g/mol. The quantitative estimate of drug-likeness (QED) is 0.886. The van der Waals surface area contributed by atoms with E-state index in [1.54, 1.807) is 7.05 Å². The van der Waals surface area contributed by atoms with Crippen LogP contribution in [0.15, 0.2) is 48.5 Å². The summed E-state index contributed by atoms with van der Waals surface area (Å²) in [5.41, 5.74) is 2.95. The zero-order chi connectivity index (χ0) is 17.7. The number of carbonyl (C=O) groups is 1. The third kappa shape index (κ3) is 4.15. The van der Waals surface area contributed by atoms with Crippen molar-refractivity contribution in [1.29, 1.82) is 0 Å². The molecule has 0 radical (unpaired) electrons. The van der Waals surface area contributed by atoms with Gasteiger partial charge < -0.3 is 14.7 Å². The number of amides is 1. The zero-order valence-electron chi connectivity index (χ0n) is 14.7. The smallest absolute Gasteiger partial charge is 0.260 e. The molecule has 0 aliphatic rings. The van der Waals surface area contributed by atoms with E-state index in [4.69, 9.17) is 4.74 Å². The van der Waals surface area contributed by atoms with E-state index in [1.807, 2.05) is 69.3 Å². The molecule has 24 heavy (non-hydrogen) atoms. The van der Waals surface area contributed by atoms with Crippen LogP contribution >= 0.6 is 0 Å². The number of rotatable bonds is 6. The standard InChI is InChI=1S/C20H25NO3/c1-14-9-8-12-18(15(14)2)24-13-19(22)21(4)16(3)20(23)17-10-6-5-7-11-17/h5-12,16,20,23H,13H2,1-4H3. The molecule has 0 saturated carbocycles. The number of hydrogen-bond acceptors (Lipinski definition) is 3. The van der Waals surface area contributed by atoms with Crippen molar-refractivity contribution in [3.05, 3.63) is 65.2 Å². The second-order valence-electron chi connectivity index (χ2n) is 6.09. The number of aliphatic hydroxyl groups excluding tert-OH is 1. The predicted octanol–water partition coefficient (Wildman–Crippen LogP) is 3.26. The highest BCUT2D eigenvalue weighted by molar-refractivity contribution is 5.78. The summed E-state index contributed by atoms with van der Waals surface area (Å²) >= 11 is 0. The van der Waals surface area contributed by atoms with Gasteiger partial charge in [-0.25, -0.2) is 0 Å². The van der Waals surface area contributed by atoms with Gasteiger partial charge in [-0.1, -0.05) is 42.5 Å². The summed E-state index contributed by atoms with van der Waals surface area (Å²) in [4.78, 5) is 13.9. The summed E-state index contributed by atoms with van der Waals surface area (Å²) in [6.45, 7) is 5.76. The molecule has 1 N–H and O–H groups in total. The lowest BCUT2D eigenvalue weighted by Crippen LogP contribution is -2.41. The molecule has 4 nitrogen and oxygen atoms in total. The van der Waals surface area contributed by atoms with Crippen LogP contribution in [-0.2, 0) is 4.79 Å². The zero-order valence-corrected chi connectivity index (χ0v) is 14.7. The number of likely N-dealkylation sites (N-methyl/N-ethyl adjacent to an activating group) is 1. The summed E-state index contributed by atoms with van der Waals surface area (Å²) in [5, 5.41) is 10.4. The number of aryl methyl sites for hydroxylation is 1. The molecule has 0 bridgehead atoms. The lowest BCUT2D eigenvalue weighted by Gasteiger charge is -2.29. The molecule has 2 aromatic carbocycles. The summed E-state index contributed by atoms with van der Waals surface area (Å²) in [5.74, 6) is 0.548. The predicted molar refractivity (Wildman–Crippen MR) is 95.0 cm³/mol. The Balaban J connectivity index is 1.97. The van der Waals surface area contributed by atoms with Crippen molar-refractivity contribution in [3.8, 4) is 5.75 Å². The fourth-order valence-corrected chi connectivity index (χ4v) is 2.49. The highest BCUT2D eigenvalue weighted by Gasteiger charge is 2.24. The first-order valence-electron chi connectivity index (χ1n) is 8.09. The molecule has 1 amide bonds. The van der Waals surface area contributed by atoms with Crippen molar-refractivity contribution in [1.82, 2.24) is 4.90 Å². The first-order valence-corrected chi connectivity index (χ1v) is 8.09. The van der Waals surface area contributed by atoms with Crippen LogP contribution in [0.2, 0.25) is 0 Å². The molecule has 2 aromatic rings. The van der Waals surface area contributed by atoms with E-state index in [0.29, 0.717) is 5.75 Å². The SMILES string of the molecule is Cc1cccc(OCC(=O)N(C)C(C)C(O)c2ccccc2)c1C. The molecular formula is C20H25NO3. The van der Waals surface area contributed by atoms with Gasteiger partial charge in [-0.3, -0.25) is 4.79 Å². The minimum absolute atomic E-state index is 0.0490. The topological polar surface area (TPSA) is 49.8 Å². The third-order valence-electron chi connectivity index (χ3n) is 4.51. The van der Waals surface area contributed by atoms with Crippen LogP contribution in [0, 0.1) is 13.8 Å². The summed E-state index contributed by atoms with van der Waals surface area (Å²) < 4.78 is 5.66. The first-order chi connectivity index (χ1) is 11.4. The number of ether oxygens (including phenoxy) is 1. The molecule has 2 rings (SSSR count). The van der Waals surface area contributed by atoms with Gasteiger partial charge in [-0.2, -0.15) is 0 Å². The minimum Gasteiger partial charge on any atom is -0.483 e. The van der Waals surface area contributed by atoms with E-state index in [2.05, 4.69) is 0 Å². The van der Waals surface area contributed by atoms with Crippen LogP contribution in [0.25, 0.3) is 0 Å². The van der Waals surface area contributed by atoms with Gasteiger partial charge in [0.05, 0.1) is 12.1 Å². The maximum Gasteiger partial charge on any atom is 0.260 e. The Morgan fingerprint density at radius 1 is 1.12 bits per heavy atom. The summed E-state index contributed by atoms with van der Waals surface area (Å²) in [6, 6.07) is 14.8. The van der Waals surface area contributed by atoms with E-state index < -0.39 is 6.10 Å². The largest absolute Gasteiger partial charge is 0.483 e.